The number of nitrogen functional groups attached to an aromatic ring is 1. The SMILES string of the molecule is Cc1cc(C2C=CCC2)ccc1N. The summed E-state index contributed by atoms with van der Waals surface area (Å²) in [7, 11) is 0. The Morgan fingerprint density at radius 1 is 1.38 bits per heavy atom. The molecule has 68 valence electrons. The highest BCUT2D eigenvalue weighted by molar-refractivity contribution is 5.49. The maximum atomic E-state index is 5.77. The Balaban J connectivity index is 2.30. The van der Waals surface area contributed by atoms with Crippen molar-refractivity contribution in [1.82, 2.24) is 0 Å². The van der Waals surface area contributed by atoms with E-state index in [4.69, 9.17) is 5.73 Å². The van der Waals surface area contributed by atoms with E-state index in [-0.39, 0.29) is 0 Å². The van der Waals surface area contributed by atoms with Gasteiger partial charge in [0.1, 0.15) is 0 Å². The molecule has 0 amide bonds. The smallest absolute Gasteiger partial charge is 0.0343 e. The fraction of sp³-hybridized carbons (Fsp3) is 0.333. The summed E-state index contributed by atoms with van der Waals surface area (Å²) in [5.74, 6) is 0.624. The van der Waals surface area contributed by atoms with Crippen LogP contribution < -0.4 is 5.73 Å². The third-order valence-corrected chi connectivity index (χ3v) is 2.73. The van der Waals surface area contributed by atoms with Gasteiger partial charge >= 0.3 is 0 Å². The highest BCUT2D eigenvalue weighted by Crippen LogP contribution is 2.29. The van der Waals surface area contributed by atoms with Gasteiger partial charge in [-0.05, 0) is 37.0 Å². The fourth-order valence-electron chi connectivity index (χ4n) is 1.84. The lowest BCUT2D eigenvalue weighted by molar-refractivity contribution is 0.800. The van der Waals surface area contributed by atoms with E-state index >= 15 is 0 Å². The zero-order chi connectivity index (χ0) is 9.26. The number of anilines is 1. The van der Waals surface area contributed by atoms with Crippen LogP contribution in [0.1, 0.15) is 29.9 Å². The Morgan fingerprint density at radius 3 is 2.85 bits per heavy atom. The summed E-state index contributed by atoms with van der Waals surface area (Å²) in [5, 5.41) is 0. The summed E-state index contributed by atoms with van der Waals surface area (Å²) in [6, 6.07) is 6.36. The van der Waals surface area contributed by atoms with E-state index < -0.39 is 0 Å². The standard InChI is InChI=1S/C12H15N/c1-9-8-11(6-7-12(9)13)10-4-2-3-5-10/h2,4,6-8,10H,3,5,13H2,1H3. The van der Waals surface area contributed by atoms with Crippen LogP contribution in [-0.2, 0) is 0 Å². The monoisotopic (exact) mass is 173 g/mol. The van der Waals surface area contributed by atoms with E-state index in [0.717, 1.165) is 5.69 Å². The van der Waals surface area contributed by atoms with Gasteiger partial charge in [0, 0.05) is 11.6 Å². The molecular weight excluding hydrogens is 158 g/mol. The lowest BCUT2D eigenvalue weighted by atomic mass is 9.97. The maximum Gasteiger partial charge on any atom is 0.0343 e. The summed E-state index contributed by atoms with van der Waals surface area (Å²) < 4.78 is 0. The lowest BCUT2D eigenvalue weighted by Crippen LogP contribution is -1.95. The largest absolute Gasteiger partial charge is 0.399 e. The molecule has 0 aliphatic heterocycles. The van der Waals surface area contributed by atoms with Crippen LogP contribution in [0.5, 0.6) is 0 Å². The average molecular weight is 173 g/mol. The molecule has 0 aromatic heterocycles. The third kappa shape index (κ3) is 1.59. The molecule has 1 nitrogen and oxygen atoms in total. The Labute approximate surface area is 79.3 Å². The number of allylic oxidation sites excluding steroid dienone is 2. The van der Waals surface area contributed by atoms with Gasteiger partial charge in [0.2, 0.25) is 0 Å². The molecule has 1 aromatic carbocycles. The first-order valence-corrected chi connectivity index (χ1v) is 4.80. The second-order valence-electron chi connectivity index (χ2n) is 3.73. The predicted molar refractivity (Wildman–Crippen MR) is 56.7 cm³/mol. The normalized spacial score (nSPS) is 20.8. The molecule has 0 bridgehead atoms. The van der Waals surface area contributed by atoms with Crippen molar-refractivity contribution in [2.75, 3.05) is 5.73 Å². The van der Waals surface area contributed by atoms with Gasteiger partial charge in [0.05, 0.1) is 0 Å². The van der Waals surface area contributed by atoms with Crippen LogP contribution in [0.4, 0.5) is 5.69 Å². The minimum atomic E-state index is 0.624. The maximum absolute atomic E-state index is 5.77. The van der Waals surface area contributed by atoms with Crippen molar-refractivity contribution in [3.05, 3.63) is 41.5 Å². The average Bonchev–Trinajstić information content (AvgIpc) is 2.62. The van der Waals surface area contributed by atoms with E-state index in [0.29, 0.717) is 5.92 Å². The minimum absolute atomic E-state index is 0.624. The summed E-state index contributed by atoms with van der Waals surface area (Å²) in [6.45, 7) is 2.07. The highest BCUT2D eigenvalue weighted by atomic mass is 14.5. The molecule has 2 N–H and O–H groups in total. The first kappa shape index (κ1) is 8.36. The molecule has 1 unspecified atom stereocenters. The number of nitrogens with two attached hydrogens (primary N) is 1. The molecule has 1 aromatic rings. The van der Waals surface area contributed by atoms with Crippen molar-refractivity contribution in [2.24, 2.45) is 0 Å². The van der Waals surface area contributed by atoms with Crippen LogP contribution in [0.15, 0.2) is 30.4 Å². The second-order valence-corrected chi connectivity index (χ2v) is 3.73. The Hall–Kier alpha value is -1.24. The topological polar surface area (TPSA) is 26.0 Å². The van der Waals surface area contributed by atoms with Crippen molar-refractivity contribution < 1.29 is 0 Å². The molecule has 0 heterocycles. The van der Waals surface area contributed by atoms with Crippen LogP contribution in [0.3, 0.4) is 0 Å². The van der Waals surface area contributed by atoms with Crippen LogP contribution in [0.2, 0.25) is 0 Å². The van der Waals surface area contributed by atoms with E-state index in [1.807, 2.05) is 6.07 Å². The van der Waals surface area contributed by atoms with E-state index in [2.05, 4.69) is 31.2 Å². The Kier molecular flexibility index (Phi) is 2.09. The van der Waals surface area contributed by atoms with Crippen LogP contribution in [0.25, 0.3) is 0 Å². The van der Waals surface area contributed by atoms with Crippen molar-refractivity contribution in [2.45, 2.75) is 25.7 Å². The molecule has 0 saturated carbocycles. The quantitative estimate of drug-likeness (QED) is 0.512. The first-order valence-electron chi connectivity index (χ1n) is 4.80. The summed E-state index contributed by atoms with van der Waals surface area (Å²) in [5.41, 5.74) is 9.26. The van der Waals surface area contributed by atoms with Crippen LogP contribution in [0, 0.1) is 6.92 Å². The molecule has 0 spiro atoms. The van der Waals surface area contributed by atoms with Gasteiger partial charge in [0.15, 0.2) is 0 Å². The Bertz CT molecular complexity index is 339. The van der Waals surface area contributed by atoms with Gasteiger partial charge in [-0.2, -0.15) is 0 Å². The molecular formula is C12H15N. The fourth-order valence-corrected chi connectivity index (χ4v) is 1.84. The molecule has 13 heavy (non-hydrogen) atoms. The molecule has 1 heteroatoms. The minimum Gasteiger partial charge on any atom is -0.399 e. The molecule has 0 radical (unpaired) electrons. The van der Waals surface area contributed by atoms with Crippen molar-refractivity contribution in [1.29, 1.82) is 0 Å². The molecule has 0 saturated heterocycles. The lowest BCUT2D eigenvalue weighted by Gasteiger charge is -2.09. The highest BCUT2D eigenvalue weighted by Gasteiger charge is 2.11. The van der Waals surface area contributed by atoms with Gasteiger partial charge < -0.3 is 5.73 Å². The van der Waals surface area contributed by atoms with Gasteiger partial charge in [-0.3, -0.25) is 0 Å². The number of hydrogen-bond acceptors (Lipinski definition) is 1. The van der Waals surface area contributed by atoms with Gasteiger partial charge in [-0.15, -0.1) is 0 Å². The summed E-state index contributed by atoms with van der Waals surface area (Å²) >= 11 is 0. The van der Waals surface area contributed by atoms with E-state index in [1.165, 1.54) is 24.0 Å². The van der Waals surface area contributed by atoms with E-state index in [9.17, 15) is 0 Å². The van der Waals surface area contributed by atoms with Crippen LogP contribution >= 0.6 is 0 Å². The predicted octanol–water partition coefficient (Wildman–Crippen LogP) is 3.01. The van der Waals surface area contributed by atoms with Crippen molar-refractivity contribution in [3.8, 4) is 0 Å². The number of aryl methyl sites for hydroxylation is 1. The molecule has 1 aliphatic carbocycles. The zero-order valence-corrected chi connectivity index (χ0v) is 7.96. The second kappa shape index (κ2) is 3.25. The van der Waals surface area contributed by atoms with Crippen molar-refractivity contribution in [3.63, 3.8) is 0 Å². The number of rotatable bonds is 1. The van der Waals surface area contributed by atoms with Crippen molar-refractivity contribution >= 4 is 5.69 Å². The van der Waals surface area contributed by atoms with Crippen LogP contribution in [-0.4, -0.2) is 0 Å². The van der Waals surface area contributed by atoms with Gasteiger partial charge in [0.25, 0.3) is 0 Å². The van der Waals surface area contributed by atoms with Gasteiger partial charge in [-0.1, -0.05) is 24.3 Å². The molecule has 2 rings (SSSR count). The van der Waals surface area contributed by atoms with E-state index in [1.54, 1.807) is 0 Å². The zero-order valence-electron chi connectivity index (χ0n) is 7.96. The number of hydrogen-bond donors (Lipinski definition) is 1. The third-order valence-electron chi connectivity index (χ3n) is 2.73. The summed E-state index contributed by atoms with van der Waals surface area (Å²) in [6.07, 6.45) is 7.03. The molecule has 0 fully saturated rings. The molecule has 1 aliphatic rings. The molecule has 1 atom stereocenters. The first-order chi connectivity index (χ1) is 6.27. The number of benzene rings is 1. The van der Waals surface area contributed by atoms with Gasteiger partial charge in [-0.25, -0.2) is 0 Å². The summed E-state index contributed by atoms with van der Waals surface area (Å²) in [4.78, 5) is 0. The Morgan fingerprint density at radius 2 is 2.23 bits per heavy atom.